The number of aromatic nitrogens is 4. The fourth-order valence-corrected chi connectivity index (χ4v) is 3.72. The van der Waals surface area contributed by atoms with E-state index in [0.717, 1.165) is 40.3 Å². The largest absolute Gasteiger partial charge is 0.497 e. The van der Waals surface area contributed by atoms with E-state index < -0.39 is 0 Å². The van der Waals surface area contributed by atoms with Gasteiger partial charge < -0.3 is 14.4 Å². The average molecular weight is 387 g/mol. The first-order chi connectivity index (χ1) is 14.3. The molecule has 0 amide bonds. The maximum atomic E-state index is 6.09. The van der Waals surface area contributed by atoms with Crippen LogP contribution in [0.15, 0.2) is 66.7 Å². The maximum Gasteiger partial charge on any atom is 0.250 e. The van der Waals surface area contributed by atoms with Crippen molar-refractivity contribution in [1.29, 1.82) is 0 Å². The Balaban J connectivity index is 1.42. The third kappa shape index (κ3) is 3.40. The van der Waals surface area contributed by atoms with Crippen LogP contribution in [-0.2, 0) is 4.74 Å². The predicted octanol–water partition coefficient (Wildman–Crippen LogP) is 3.40. The SMILES string of the molecule is COc1ccc2cc(C3CN(c4nnnn4-c4ccccc4)CCO3)ccc2c1. The molecule has 146 valence electrons. The van der Waals surface area contributed by atoms with Crippen molar-refractivity contribution in [3.63, 3.8) is 0 Å². The first-order valence-corrected chi connectivity index (χ1v) is 9.60. The molecule has 1 aromatic heterocycles. The van der Waals surface area contributed by atoms with Crippen LogP contribution in [0.3, 0.4) is 0 Å². The van der Waals surface area contributed by atoms with Crippen LogP contribution in [0, 0.1) is 0 Å². The first kappa shape index (κ1) is 17.6. The van der Waals surface area contributed by atoms with Crippen molar-refractivity contribution in [1.82, 2.24) is 20.2 Å². The number of hydrogen-bond acceptors (Lipinski definition) is 6. The molecule has 7 nitrogen and oxygen atoms in total. The second-order valence-corrected chi connectivity index (χ2v) is 7.00. The molecule has 0 saturated carbocycles. The van der Waals surface area contributed by atoms with E-state index in [4.69, 9.17) is 9.47 Å². The molecule has 29 heavy (non-hydrogen) atoms. The van der Waals surface area contributed by atoms with Crippen LogP contribution in [0.25, 0.3) is 16.5 Å². The van der Waals surface area contributed by atoms with Gasteiger partial charge >= 0.3 is 0 Å². The number of benzene rings is 3. The summed E-state index contributed by atoms with van der Waals surface area (Å²) in [6.45, 7) is 2.05. The van der Waals surface area contributed by atoms with Gasteiger partial charge in [0.25, 0.3) is 5.95 Å². The van der Waals surface area contributed by atoms with E-state index in [1.54, 1.807) is 11.8 Å². The summed E-state index contributed by atoms with van der Waals surface area (Å²) in [5.74, 6) is 1.59. The molecule has 1 fully saturated rings. The number of morpholine rings is 1. The Morgan fingerprint density at radius 3 is 2.69 bits per heavy atom. The number of nitrogens with zero attached hydrogens (tertiary/aromatic N) is 5. The summed E-state index contributed by atoms with van der Waals surface area (Å²) in [6, 6.07) is 22.4. The van der Waals surface area contributed by atoms with Gasteiger partial charge in [-0.1, -0.05) is 41.5 Å². The topological polar surface area (TPSA) is 65.3 Å². The van der Waals surface area contributed by atoms with Crippen LogP contribution in [-0.4, -0.2) is 47.0 Å². The van der Waals surface area contributed by atoms with Crippen molar-refractivity contribution in [3.05, 3.63) is 72.3 Å². The summed E-state index contributed by atoms with van der Waals surface area (Å²) in [4.78, 5) is 2.18. The van der Waals surface area contributed by atoms with Crippen molar-refractivity contribution in [3.8, 4) is 11.4 Å². The molecule has 0 N–H and O–H groups in total. The molecular weight excluding hydrogens is 366 g/mol. The van der Waals surface area contributed by atoms with E-state index >= 15 is 0 Å². The highest BCUT2D eigenvalue weighted by Crippen LogP contribution is 2.29. The average Bonchev–Trinajstić information content (AvgIpc) is 3.29. The lowest BCUT2D eigenvalue weighted by Crippen LogP contribution is -2.39. The molecule has 7 heteroatoms. The molecule has 0 bridgehead atoms. The Hall–Kier alpha value is -3.45. The molecule has 1 aliphatic rings. The van der Waals surface area contributed by atoms with Crippen LogP contribution in [0.2, 0.25) is 0 Å². The van der Waals surface area contributed by atoms with E-state index in [-0.39, 0.29) is 6.10 Å². The van der Waals surface area contributed by atoms with Crippen LogP contribution < -0.4 is 9.64 Å². The van der Waals surface area contributed by atoms with Gasteiger partial charge in [0.15, 0.2) is 0 Å². The Kier molecular flexibility index (Phi) is 4.57. The summed E-state index contributed by atoms with van der Waals surface area (Å²) in [7, 11) is 1.68. The first-order valence-electron chi connectivity index (χ1n) is 9.60. The molecular formula is C22H21N5O2. The number of para-hydroxylation sites is 1. The van der Waals surface area contributed by atoms with Crippen LogP contribution in [0.1, 0.15) is 11.7 Å². The third-order valence-corrected chi connectivity index (χ3v) is 5.25. The van der Waals surface area contributed by atoms with Gasteiger partial charge in [0.2, 0.25) is 0 Å². The van der Waals surface area contributed by atoms with E-state index in [1.165, 1.54) is 0 Å². The molecule has 0 spiro atoms. The number of hydrogen-bond donors (Lipinski definition) is 0. The van der Waals surface area contributed by atoms with Gasteiger partial charge in [0, 0.05) is 6.54 Å². The lowest BCUT2D eigenvalue weighted by molar-refractivity contribution is 0.0391. The lowest BCUT2D eigenvalue weighted by Gasteiger charge is -2.33. The Labute approximate surface area is 168 Å². The Morgan fingerprint density at radius 1 is 1.00 bits per heavy atom. The minimum atomic E-state index is -0.0452. The second kappa shape index (κ2) is 7.52. The number of rotatable bonds is 4. The molecule has 3 aromatic carbocycles. The monoisotopic (exact) mass is 387 g/mol. The highest BCUT2D eigenvalue weighted by atomic mass is 16.5. The maximum absolute atomic E-state index is 6.09. The summed E-state index contributed by atoms with van der Waals surface area (Å²) < 4.78 is 13.2. The third-order valence-electron chi connectivity index (χ3n) is 5.25. The summed E-state index contributed by atoms with van der Waals surface area (Å²) in [5, 5.41) is 14.7. The minimum Gasteiger partial charge on any atom is -0.497 e. The molecule has 5 rings (SSSR count). The molecule has 1 aliphatic heterocycles. The standard InChI is InChI=1S/C22H21N5O2/c1-28-20-10-9-16-13-18(8-7-17(16)14-20)21-15-26(11-12-29-21)22-23-24-25-27(22)19-5-3-2-4-6-19/h2-10,13-14,21H,11-12,15H2,1H3. The van der Waals surface area contributed by atoms with E-state index in [0.29, 0.717) is 13.2 Å². The van der Waals surface area contributed by atoms with Gasteiger partial charge in [-0.3, -0.25) is 0 Å². The van der Waals surface area contributed by atoms with Crippen LogP contribution in [0.4, 0.5) is 5.95 Å². The van der Waals surface area contributed by atoms with Crippen molar-refractivity contribution >= 4 is 16.7 Å². The number of fused-ring (bicyclic) bond motifs is 1. The van der Waals surface area contributed by atoms with Crippen molar-refractivity contribution in [2.45, 2.75) is 6.10 Å². The highest BCUT2D eigenvalue weighted by molar-refractivity contribution is 5.84. The Morgan fingerprint density at radius 2 is 1.83 bits per heavy atom. The fourth-order valence-electron chi connectivity index (χ4n) is 3.72. The molecule has 1 atom stereocenters. The second-order valence-electron chi connectivity index (χ2n) is 7.00. The van der Waals surface area contributed by atoms with Crippen molar-refractivity contribution in [2.24, 2.45) is 0 Å². The zero-order valence-electron chi connectivity index (χ0n) is 16.1. The minimum absolute atomic E-state index is 0.0452. The van der Waals surface area contributed by atoms with Crippen LogP contribution in [0.5, 0.6) is 5.75 Å². The highest BCUT2D eigenvalue weighted by Gasteiger charge is 2.26. The van der Waals surface area contributed by atoms with E-state index in [2.05, 4.69) is 44.7 Å². The molecule has 1 saturated heterocycles. The smallest absolute Gasteiger partial charge is 0.250 e. The van der Waals surface area contributed by atoms with Crippen molar-refractivity contribution in [2.75, 3.05) is 31.7 Å². The van der Waals surface area contributed by atoms with Gasteiger partial charge in [0.1, 0.15) is 11.9 Å². The fraction of sp³-hybridized carbons (Fsp3) is 0.227. The molecule has 4 aromatic rings. The summed E-state index contributed by atoms with van der Waals surface area (Å²) >= 11 is 0. The number of methoxy groups -OCH3 is 1. The van der Waals surface area contributed by atoms with E-state index in [9.17, 15) is 0 Å². The lowest BCUT2D eigenvalue weighted by atomic mass is 10.0. The number of anilines is 1. The van der Waals surface area contributed by atoms with Crippen molar-refractivity contribution < 1.29 is 9.47 Å². The normalized spacial score (nSPS) is 16.9. The Bertz CT molecular complexity index is 1130. The molecule has 2 heterocycles. The van der Waals surface area contributed by atoms with Gasteiger partial charge in [0.05, 0.1) is 25.9 Å². The summed E-state index contributed by atoms with van der Waals surface area (Å²) in [6.07, 6.45) is -0.0452. The van der Waals surface area contributed by atoms with Gasteiger partial charge in [-0.25, -0.2) is 0 Å². The molecule has 0 radical (unpaired) electrons. The molecule has 0 aliphatic carbocycles. The van der Waals surface area contributed by atoms with Gasteiger partial charge in [-0.2, -0.15) is 4.68 Å². The van der Waals surface area contributed by atoms with Gasteiger partial charge in [-0.05, 0) is 57.1 Å². The predicted molar refractivity (Wildman–Crippen MR) is 111 cm³/mol. The van der Waals surface area contributed by atoms with E-state index in [1.807, 2.05) is 42.5 Å². The zero-order valence-corrected chi connectivity index (χ0v) is 16.1. The quantitative estimate of drug-likeness (QED) is 0.535. The number of ether oxygens (including phenoxy) is 2. The summed E-state index contributed by atoms with van der Waals surface area (Å²) in [5.41, 5.74) is 2.08. The van der Waals surface area contributed by atoms with Gasteiger partial charge in [-0.15, -0.1) is 0 Å². The molecule has 1 unspecified atom stereocenters. The zero-order chi connectivity index (χ0) is 19.6. The van der Waals surface area contributed by atoms with Crippen LogP contribution >= 0.6 is 0 Å². The number of tetrazole rings is 1.